The minimum absolute atomic E-state index is 0. The molecular weight excluding hydrogens is 452 g/mol. The Morgan fingerprint density at radius 1 is 0.324 bits per heavy atom. The van der Waals surface area contributed by atoms with Gasteiger partial charge in [-0.1, -0.05) is 122 Å². The second-order valence-corrected chi connectivity index (χ2v) is 9.52. The molecule has 0 radical (unpaired) electrons. The Hall–Kier alpha value is -1.32. The van der Waals surface area contributed by atoms with E-state index in [1.165, 1.54) is 88.5 Å². The molecule has 0 saturated heterocycles. The molecule has 0 amide bonds. The zero-order valence-corrected chi connectivity index (χ0v) is 23.8. The lowest BCUT2D eigenvalue weighted by molar-refractivity contribution is 0.642. The predicted molar refractivity (Wildman–Crippen MR) is 181 cm³/mol. The average molecular weight is 527 g/mol. The van der Waals surface area contributed by atoms with Gasteiger partial charge in [0.1, 0.15) is 0 Å². The summed E-state index contributed by atoms with van der Waals surface area (Å²) in [6.45, 7) is 17.2. The number of rotatable bonds is 19. The normalized spacial score (nSPS) is 11.8. The molecule has 0 aliphatic carbocycles. The standard InChI is InChI=1S/C15H30N2.C14H28N2.4CH4/c1-5-7-9-10-11-13-15(4)17-16-14(3)12-8-6-2;1-5-7-8-9-10-12-14(4)16-15-13(3)11-6-2;;;;/h5-13H2,1-4H3;5-12H2,1-4H3;4*1H4/b16-14+,17-15+;15-13+,16-14+;;;;. The highest BCUT2D eigenvalue weighted by molar-refractivity contribution is 5.86. The summed E-state index contributed by atoms with van der Waals surface area (Å²) in [6.07, 6.45) is 21.2. The summed E-state index contributed by atoms with van der Waals surface area (Å²) in [7, 11) is 0. The highest BCUT2D eigenvalue weighted by atomic mass is 15.2. The SMILES string of the molecule is C.C.C.C.CCCCCCC/C(C)=N/N=C(\C)CCC.CCCCCCC/C(C)=N/N=C(\C)CCCC. The lowest BCUT2D eigenvalue weighted by Crippen LogP contribution is -1.94. The maximum Gasteiger partial charge on any atom is 0.0375 e. The number of hydrogen-bond donors (Lipinski definition) is 0. The van der Waals surface area contributed by atoms with Gasteiger partial charge in [-0.05, 0) is 72.6 Å². The van der Waals surface area contributed by atoms with Crippen LogP contribution in [0.5, 0.6) is 0 Å². The first-order valence-electron chi connectivity index (χ1n) is 14.0. The van der Waals surface area contributed by atoms with Gasteiger partial charge in [-0.2, -0.15) is 20.4 Å². The molecule has 0 aromatic carbocycles. The second-order valence-electron chi connectivity index (χ2n) is 9.52. The Labute approximate surface area is 237 Å². The second kappa shape index (κ2) is 39.2. The molecule has 4 nitrogen and oxygen atoms in total. The van der Waals surface area contributed by atoms with E-state index in [4.69, 9.17) is 0 Å². The molecule has 37 heavy (non-hydrogen) atoms. The molecule has 0 aromatic rings. The van der Waals surface area contributed by atoms with Crippen LogP contribution in [0.1, 0.15) is 194 Å². The van der Waals surface area contributed by atoms with Crippen molar-refractivity contribution >= 4 is 22.8 Å². The molecular formula is C33H74N4. The zero-order valence-electron chi connectivity index (χ0n) is 23.8. The number of unbranched alkanes of at least 4 members (excludes halogenated alkanes) is 9. The number of nitrogens with zero attached hydrogens (tertiary/aromatic N) is 4. The van der Waals surface area contributed by atoms with Crippen LogP contribution in [0, 0.1) is 0 Å². The van der Waals surface area contributed by atoms with Gasteiger partial charge in [0.05, 0.1) is 0 Å². The van der Waals surface area contributed by atoms with E-state index >= 15 is 0 Å². The van der Waals surface area contributed by atoms with Crippen LogP contribution in [0.4, 0.5) is 0 Å². The summed E-state index contributed by atoms with van der Waals surface area (Å²) >= 11 is 0. The van der Waals surface area contributed by atoms with E-state index in [0.717, 1.165) is 43.5 Å². The van der Waals surface area contributed by atoms with Crippen molar-refractivity contribution in [2.45, 2.75) is 194 Å². The molecule has 0 aliphatic heterocycles. The molecule has 0 fully saturated rings. The molecule has 0 aliphatic rings. The van der Waals surface area contributed by atoms with Crippen LogP contribution in [-0.4, -0.2) is 22.8 Å². The van der Waals surface area contributed by atoms with E-state index in [1.807, 2.05) is 0 Å². The van der Waals surface area contributed by atoms with E-state index in [2.05, 4.69) is 75.8 Å². The fourth-order valence-corrected chi connectivity index (χ4v) is 3.30. The summed E-state index contributed by atoms with van der Waals surface area (Å²) in [6, 6.07) is 0. The molecule has 0 unspecified atom stereocenters. The van der Waals surface area contributed by atoms with Crippen molar-refractivity contribution < 1.29 is 0 Å². The summed E-state index contributed by atoms with van der Waals surface area (Å²) in [5.41, 5.74) is 4.66. The van der Waals surface area contributed by atoms with Gasteiger partial charge in [0.25, 0.3) is 0 Å². The monoisotopic (exact) mass is 527 g/mol. The fourth-order valence-electron chi connectivity index (χ4n) is 3.30. The first kappa shape index (κ1) is 48.7. The quantitative estimate of drug-likeness (QED) is 0.0912. The average Bonchev–Trinajstić information content (AvgIpc) is 2.80. The largest absolute Gasteiger partial charge is 0.161 e. The minimum atomic E-state index is 0. The molecule has 0 spiro atoms. The van der Waals surface area contributed by atoms with E-state index in [1.54, 1.807) is 0 Å². The van der Waals surface area contributed by atoms with E-state index < -0.39 is 0 Å². The van der Waals surface area contributed by atoms with E-state index in [0.29, 0.717) is 0 Å². The summed E-state index contributed by atoms with van der Waals surface area (Å²) in [5.74, 6) is 0. The van der Waals surface area contributed by atoms with Crippen LogP contribution in [0.15, 0.2) is 20.4 Å². The van der Waals surface area contributed by atoms with Crippen LogP contribution in [0.2, 0.25) is 0 Å². The van der Waals surface area contributed by atoms with Gasteiger partial charge in [-0.15, -0.1) is 0 Å². The molecule has 0 heterocycles. The van der Waals surface area contributed by atoms with Crippen molar-refractivity contribution in [3.05, 3.63) is 0 Å². The smallest absolute Gasteiger partial charge is 0.0375 e. The summed E-state index contributed by atoms with van der Waals surface area (Å²) in [5, 5.41) is 17.1. The van der Waals surface area contributed by atoms with Crippen LogP contribution in [-0.2, 0) is 0 Å². The molecule has 226 valence electrons. The maximum atomic E-state index is 4.30. The summed E-state index contributed by atoms with van der Waals surface area (Å²) in [4.78, 5) is 0. The molecule has 4 heteroatoms. The molecule has 0 saturated carbocycles. The van der Waals surface area contributed by atoms with E-state index in [9.17, 15) is 0 Å². The van der Waals surface area contributed by atoms with Gasteiger partial charge in [0.15, 0.2) is 0 Å². The highest BCUT2D eigenvalue weighted by Crippen LogP contribution is 2.07. The molecule has 0 bridgehead atoms. The van der Waals surface area contributed by atoms with Gasteiger partial charge in [-0.25, -0.2) is 0 Å². The lowest BCUT2D eigenvalue weighted by atomic mass is 10.1. The number of hydrogen-bond acceptors (Lipinski definition) is 4. The Morgan fingerprint density at radius 2 is 0.595 bits per heavy atom. The molecule has 0 N–H and O–H groups in total. The third-order valence-electron chi connectivity index (χ3n) is 5.57. The van der Waals surface area contributed by atoms with Crippen molar-refractivity contribution in [2.75, 3.05) is 0 Å². The third kappa shape index (κ3) is 42.0. The van der Waals surface area contributed by atoms with Gasteiger partial charge in [-0.3, -0.25) is 0 Å². The lowest BCUT2D eigenvalue weighted by Gasteiger charge is -2.00. The molecule has 0 rings (SSSR count). The van der Waals surface area contributed by atoms with Crippen molar-refractivity contribution in [3.63, 3.8) is 0 Å². The van der Waals surface area contributed by atoms with Crippen molar-refractivity contribution in [1.29, 1.82) is 0 Å². The van der Waals surface area contributed by atoms with Crippen molar-refractivity contribution in [1.82, 2.24) is 0 Å². The predicted octanol–water partition coefficient (Wildman–Crippen LogP) is 12.9. The van der Waals surface area contributed by atoms with Crippen LogP contribution in [0.25, 0.3) is 0 Å². The van der Waals surface area contributed by atoms with Crippen molar-refractivity contribution in [2.24, 2.45) is 20.4 Å². The molecule has 0 atom stereocenters. The Morgan fingerprint density at radius 3 is 0.892 bits per heavy atom. The zero-order chi connectivity index (χ0) is 25.2. The van der Waals surface area contributed by atoms with E-state index in [-0.39, 0.29) is 29.7 Å². The highest BCUT2D eigenvalue weighted by Gasteiger charge is 1.95. The third-order valence-corrected chi connectivity index (χ3v) is 5.57. The Balaban J connectivity index is -0.000000117. The van der Waals surface area contributed by atoms with Crippen molar-refractivity contribution in [3.8, 4) is 0 Å². The Bertz CT molecular complexity index is 545. The first-order valence-corrected chi connectivity index (χ1v) is 14.0. The van der Waals surface area contributed by atoms with Crippen LogP contribution >= 0.6 is 0 Å². The van der Waals surface area contributed by atoms with Crippen LogP contribution < -0.4 is 0 Å². The fraction of sp³-hybridized carbons (Fsp3) is 0.879. The maximum absolute atomic E-state index is 4.30. The van der Waals surface area contributed by atoms with Gasteiger partial charge >= 0.3 is 0 Å². The van der Waals surface area contributed by atoms with Crippen LogP contribution in [0.3, 0.4) is 0 Å². The Kier molecular flexibility index (Phi) is 51.6. The topological polar surface area (TPSA) is 49.4 Å². The van der Waals surface area contributed by atoms with Gasteiger partial charge in [0, 0.05) is 22.8 Å². The van der Waals surface area contributed by atoms with Gasteiger partial charge in [0.2, 0.25) is 0 Å². The van der Waals surface area contributed by atoms with Gasteiger partial charge < -0.3 is 0 Å². The summed E-state index contributed by atoms with van der Waals surface area (Å²) < 4.78 is 0. The first-order chi connectivity index (χ1) is 15.9. The minimum Gasteiger partial charge on any atom is -0.161 e. The molecule has 0 aromatic heterocycles.